The van der Waals surface area contributed by atoms with Crippen LogP contribution in [0.1, 0.15) is 17.5 Å². The van der Waals surface area contributed by atoms with E-state index in [1.807, 2.05) is 36.4 Å². The van der Waals surface area contributed by atoms with Crippen LogP contribution in [0.15, 0.2) is 47.5 Å². The molecule has 3 heterocycles. The molecule has 0 amide bonds. The third kappa shape index (κ3) is 3.82. The average Bonchev–Trinajstić information content (AvgIpc) is 3.23. The van der Waals surface area contributed by atoms with Crippen molar-refractivity contribution in [1.29, 1.82) is 0 Å². The van der Waals surface area contributed by atoms with Gasteiger partial charge in [-0.15, -0.1) is 11.8 Å². The highest BCUT2D eigenvalue weighted by atomic mass is 32.2. The summed E-state index contributed by atoms with van der Waals surface area (Å²) in [7, 11) is 4.19. The van der Waals surface area contributed by atoms with Crippen LogP contribution >= 0.6 is 11.8 Å². The molecule has 3 aromatic rings. The highest BCUT2D eigenvalue weighted by Gasteiger charge is 2.24. The Morgan fingerprint density at radius 2 is 1.87 bits per heavy atom. The van der Waals surface area contributed by atoms with Crippen LogP contribution < -0.4 is 14.2 Å². The third-order valence-corrected chi connectivity index (χ3v) is 6.20. The molecule has 2 aliphatic heterocycles. The quantitative estimate of drug-likeness (QED) is 0.256. The van der Waals surface area contributed by atoms with Crippen LogP contribution in [0.3, 0.4) is 0 Å². The summed E-state index contributed by atoms with van der Waals surface area (Å²) in [5, 5.41) is 0.987. The van der Waals surface area contributed by atoms with Crippen molar-refractivity contribution >= 4 is 11.8 Å². The second kappa shape index (κ2) is 8.16. The minimum Gasteiger partial charge on any atom is -0.454 e. The standard InChI is InChI=1S/C23H23N3O3S/c1-26(2)10-5-11-30-23-17-12-15-6-3-4-7-18(15)29-22(17)24-21(25-23)16-8-9-19-20(13-16)28-14-27-19/h3-4,6-9,13H,5,10-12,14H2,1-2H3. The van der Waals surface area contributed by atoms with E-state index in [0.717, 1.165) is 58.5 Å². The van der Waals surface area contributed by atoms with Crippen molar-refractivity contribution in [3.05, 3.63) is 53.6 Å². The zero-order chi connectivity index (χ0) is 20.5. The molecule has 0 aliphatic carbocycles. The first-order valence-electron chi connectivity index (χ1n) is 10.0. The summed E-state index contributed by atoms with van der Waals surface area (Å²) in [5.41, 5.74) is 3.12. The van der Waals surface area contributed by atoms with Gasteiger partial charge in [-0.25, -0.2) is 4.98 Å². The van der Waals surface area contributed by atoms with E-state index in [2.05, 4.69) is 25.1 Å². The summed E-state index contributed by atoms with van der Waals surface area (Å²) in [6.07, 6.45) is 1.87. The highest BCUT2D eigenvalue weighted by Crippen LogP contribution is 2.41. The van der Waals surface area contributed by atoms with Crippen molar-refractivity contribution in [2.24, 2.45) is 0 Å². The maximum absolute atomic E-state index is 6.19. The van der Waals surface area contributed by atoms with Gasteiger partial charge in [0.15, 0.2) is 17.3 Å². The van der Waals surface area contributed by atoms with Crippen LogP contribution in [0.4, 0.5) is 0 Å². The molecule has 0 atom stereocenters. The number of para-hydroxylation sites is 1. The molecule has 0 spiro atoms. The van der Waals surface area contributed by atoms with E-state index in [-0.39, 0.29) is 6.79 Å². The van der Waals surface area contributed by atoms with Crippen LogP contribution in [0, 0.1) is 0 Å². The van der Waals surface area contributed by atoms with Gasteiger partial charge in [0, 0.05) is 17.7 Å². The fourth-order valence-corrected chi connectivity index (χ4v) is 4.51. The molecule has 0 N–H and O–H groups in total. The molecule has 154 valence electrons. The monoisotopic (exact) mass is 421 g/mol. The maximum atomic E-state index is 6.19. The Bertz CT molecular complexity index is 1090. The van der Waals surface area contributed by atoms with E-state index in [1.54, 1.807) is 11.8 Å². The van der Waals surface area contributed by atoms with Crippen molar-refractivity contribution in [3.63, 3.8) is 0 Å². The Labute approximate surface area is 180 Å². The summed E-state index contributed by atoms with van der Waals surface area (Å²) in [5.74, 6) is 4.61. The van der Waals surface area contributed by atoms with E-state index in [4.69, 9.17) is 24.2 Å². The Morgan fingerprint density at radius 1 is 1.00 bits per heavy atom. The predicted octanol–water partition coefficient (Wildman–Crippen LogP) is 4.61. The summed E-state index contributed by atoms with van der Waals surface area (Å²) in [6.45, 7) is 1.30. The summed E-state index contributed by atoms with van der Waals surface area (Å²) in [6, 6.07) is 13.9. The second-order valence-corrected chi connectivity index (χ2v) is 8.68. The van der Waals surface area contributed by atoms with Crippen LogP contribution in [0.25, 0.3) is 11.4 Å². The van der Waals surface area contributed by atoms with Crippen molar-refractivity contribution in [1.82, 2.24) is 14.9 Å². The first kappa shape index (κ1) is 19.2. The molecule has 2 aromatic carbocycles. The normalized spacial score (nSPS) is 13.7. The number of hydrogen-bond acceptors (Lipinski definition) is 7. The van der Waals surface area contributed by atoms with Crippen molar-refractivity contribution in [3.8, 4) is 34.5 Å². The largest absolute Gasteiger partial charge is 0.454 e. The summed E-state index contributed by atoms with van der Waals surface area (Å²) >= 11 is 1.77. The van der Waals surface area contributed by atoms with Crippen LogP contribution in [0.5, 0.6) is 23.1 Å². The smallest absolute Gasteiger partial charge is 0.231 e. The Morgan fingerprint density at radius 3 is 2.77 bits per heavy atom. The molecular weight excluding hydrogens is 398 g/mol. The van der Waals surface area contributed by atoms with Gasteiger partial charge in [-0.1, -0.05) is 18.2 Å². The maximum Gasteiger partial charge on any atom is 0.231 e. The Kier molecular flexibility index (Phi) is 5.23. The minimum absolute atomic E-state index is 0.247. The van der Waals surface area contributed by atoms with E-state index < -0.39 is 0 Å². The lowest BCUT2D eigenvalue weighted by atomic mass is 10.0. The number of fused-ring (bicyclic) bond motifs is 3. The van der Waals surface area contributed by atoms with Gasteiger partial charge in [0.1, 0.15) is 10.8 Å². The van der Waals surface area contributed by atoms with Crippen LogP contribution in [-0.2, 0) is 6.42 Å². The average molecular weight is 422 g/mol. The topological polar surface area (TPSA) is 56.7 Å². The van der Waals surface area contributed by atoms with Gasteiger partial charge in [0.25, 0.3) is 0 Å². The van der Waals surface area contributed by atoms with Crippen molar-refractivity contribution < 1.29 is 14.2 Å². The molecule has 0 fully saturated rings. The zero-order valence-corrected chi connectivity index (χ0v) is 17.9. The zero-order valence-electron chi connectivity index (χ0n) is 17.1. The third-order valence-electron chi connectivity index (χ3n) is 5.10. The predicted molar refractivity (Wildman–Crippen MR) is 117 cm³/mol. The lowest BCUT2D eigenvalue weighted by Crippen LogP contribution is -2.13. The van der Waals surface area contributed by atoms with E-state index in [9.17, 15) is 0 Å². The number of benzene rings is 2. The SMILES string of the molecule is CN(C)CCCSc1nc(-c2ccc3c(c2)OCO3)nc2c1Cc1ccccc1O2. The van der Waals surface area contributed by atoms with Gasteiger partial charge < -0.3 is 19.1 Å². The van der Waals surface area contributed by atoms with E-state index in [1.165, 1.54) is 5.56 Å². The number of hydrogen-bond donors (Lipinski definition) is 0. The Balaban J connectivity index is 1.50. The second-order valence-electron chi connectivity index (χ2n) is 7.60. The molecule has 1 aromatic heterocycles. The first-order valence-corrected chi connectivity index (χ1v) is 11.0. The molecule has 0 saturated heterocycles. The molecular formula is C23H23N3O3S. The van der Waals surface area contributed by atoms with Crippen molar-refractivity contribution in [2.75, 3.05) is 33.2 Å². The molecule has 0 radical (unpaired) electrons. The molecule has 5 rings (SSSR count). The fourth-order valence-electron chi connectivity index (χ4n) is 3.56. The van der Waals surface area contributed by atoms with Gasteiger partial charge in [0.2, 0.25) is 12.7 Å². The van der Waals surface area contributed by atoms with Gasteiger partial charge in [-0.3, -0.25) is 0 Å². The molecule has 2 aliphatic rings. The first-order chi connectivity index (χ1) is 14.7. The molecule has 0 bridgehead atoms. The Hall–Kier alpha value is -2.77. The fraction of sp³-hybridized carbons (Fsp3) is 0.304. The van der Waals surface area contributed by atoms with E-state index in [0.29, 0.717) is 11.7 Å². The summed E-state index contributed by atoms with van der Waals surface area (Å²) < 4.78 is 17.2. The number of aromatic nitrogens is 2. The van der Waals surface area contributed by atoms with Gasteiger partial charge in [0.05, 0.1) is 5.56 Å². The van der Waals surface area contributed by atoms with Crippen LogP contribution in [-0.4, -0.2) is 48.1 Å². The molecule has 0 unspecified atom stereocenters. The van der Waals surface area contributed by atoms with E-state index >= 15 is 0 Å². The highest BCUT2D eigenvalue weighted by molar-refractivity contribution is 7.99. The number of rotatable bonds is 6. The van der Waals surface area contributed by atoms with Crippen LogP contribution in [0.2, 0.25) is 0 Å². The number of nitrogens with zero attached hydrogens (tertiary/aromatic N) is 3. The van der Waals surface area contributed by atoms with Gasteiger partial charge in [-0.05, 0) is 56.9 Å². The molecule has 6 nitrogen and oxygen atoms in total. The molecule has 7 heteroatoms. The lowest BCUT2D eigenvalue weighted by molar-refractivity contribution is 0.174. The van der Waals surface area contributed by atoms with Gasteiger partial charge in [-0.2, -0.15) is 4.98 Å². The number of thioether (sulfide) groups is 1. The lowest BCUT2D eigenvalue weighted by Gasteiger charge is -2.22. The molecule has 0 saturated carbocycles. The minimum atomic E-state index is 0.247. The number of ether oxygens (including phenoxy) is 3. The summed E-state index contributed by atoms with van der Waals surface area (Å²) in [4.78, 5) is 11.9. The van der Waals surface area contributed by atoms with Crippen molar-refractivity contribution in [2.45, 2.75) is 17.9 Å². The van der Waals surface area contributed by atoms with Gasteiger partial charge >= 0.3 is 0 Å². The molecule has 30 heavy (non-hydrogen) atoms.